The molecule has 142 valence electrons. The molecule has 0 saturated heterocycles. The summed E-state index contributed by atoms with van der Waals surface area (Å²) >= 11 is 0. The number of fused-ring (bicyclic) bond motifs is 2. The molecule has 28 heavy (non-hydrogen) atoms. The molecule has 0 aliphatic carbocycles. The molecule has 2 aromatic carbocycles. The molecule has 0 saturated carbocycles. The lowest BCUT2D eigenvalue weighted by atomic mass is 9.99. The molecule has 8 nitrogen and oxygen atoms in total. The average Bonchev–Trinajstić information content (AvgIpc) is 2.62. The Balaban J connectivity index is 2.17. The maximum absolute atomic E-state index is 13.1. The Labute approximate surface area is 160 Å². The minimum Gasteiger partial charge on any atom is -0.756 e. The van der Waals surface area contributed by atoms with Crippen molar-refractivity contribution in [1.82, 2.24) is 14.8 Å². The van der Waals surface area contributed by atoms with Crippen LogP contribution in [0, 0.1) is 49.9 Å². The molecule has 4 aromatic rings. The van der Waals surface area contributed by atoms with Gasteiger partial charge in [0.15, 0.2) is 4.43 Å². The number of aromatic nitrogens is 5. The van der Waals surface area contributed by atoms with Crippen LogP contribution in [-0.2, 0) is 0 Å². The van der Waals surface area contributed by atoms with Gasteiger partial charge in [-0.25, -0.2) is 4.98 Å². The lowest BCUT2D eigenvalue weighted by molar-refractivity contribution is -0.734. The summed E-state index contributed by atoms with van der Waals surface area (Å²) in [7, 11) is 0. The molecule has 0 aliphatic heterocycles. The molecular weight excluding hydrogens is 358 g/mol. The highest BCUT2D eigenvalue weighted by molar-refractivity contribution is 5.82. The third kappa shape index (κ3) is 2.49. The molecule has 0 amide bonds. The van der Waals surface area contributed by atoms with Gasteiger partial charge >= 0.3 is 11.5 Å². The number of aryl methyl sites for hydroxylation is 5. The van der Waals surface area contributed by atoms with Gasteiger partial charge in [-0.3, -0.25) is 0 Å². The summed E-state index contributed by atoms with van der Waals surface area (Å²) in [4.78, 5) is 21.9. The van der Waals surface area contributed by atoms with E-state index in [1.165, 1.54) is 0 Å². The molecule has 2 aromatic heterocycles. The van der Waals surface area contributed by atoms with Gasteiger partial charge in [0.1, 0.15) is 5.56 Å². The van der Waals surface area contributed by atoms with Gasteiger partial charge in [0.2, 0.25) is 0 Å². The summed E-state index contributed by atoms with van der Waals surface area (Å²) in [5, 5.41) is 25.4. The van der Waals surface area contributed by atoms with Gasteiger partial charge in [-0.05, 0) is 73.9 Å². The van der Waals surface area contributed by atoms with Crippen molar-refractivity contribution in [2.75, 3.05) is 0 Å². The Morgan fingerprint density at radius 1 is 0.857 bits per heavy atom. The van der Waals surface area contributed by atoms with Crippen LogP contribution < -0.4 is 9.27 Å². The van der Waals surface area contributed by atoms with Crippen molar-refractivity contribution >= 4 is 22.3 Å². The Hall–Kier alpha value is -3.55. The summed E-state index contributed by atoms with van der Waals surface area (Å²) in [6.07, 6.45) is 0. The van der Waals surface area contributed by atoms with Gasteiger partial charge < -0.3 is 10.4 Å². The van der Waals surface area contributed by atoms with Crippen LogP contribution in [0.25, 0.3) is 33.7 Å². The maximum Gasteiger partial charge on any atom is 0.541 e. The third-order valence-electron chi connectivity index (χ3n) is 5.06. The highest BCUT2D eigenvalue weighted by atomic mass is 16.6. The van der Waals surface area contributed by atoms with Crippen LogP contribution in [0.1, 0.15) is 27.8 Å². The van der Waals surface area contributed by atoms with E-state index in [-0.39, 0.29) is 26.8 Å². The fraction of sp³-hybridized carbons (Fsp3) is 0.250. The van der Waals surface area contributed by atoms with Crippen LogP contribution in [0.3, 0.4) is 0 Å². The fourth-order valence-corrected chi connectivity index (χ4v) is 3.64. The van der Waals surface area contributed by atoms with Gasteiger partial charge in [0, 0.05) is 4.91 Å². The summed E-state index contributed by atoms with van der Waals surface area (Å²) in [5.74, 6) is -0.310. The van der Waals surface area contributed by atoms with Gasteiger partial charge in [0.05, 0.1) is 11.0 Å². The predicted octanol–water partition coefficient (Wildman–Crippen LogP) is 2.69. The smallest absolute Gasteiger partial charge is 0.541 e. The van der Waals surface area contributed by atoms with Crippen LogP contribution in [0.4, 0.5) is 0 Å². The van der Waals surface area contributed by atoms with E-state index in [2.05, 4.69) is 9.97 Å². The molecule has 0 N–H and O–H groups in total. The van der Waals surface area contributed by atoms with Gasteiger partial charge in [-0.1, -0.05) is 17.7 Å². The van der Waals surface area contributed by atoms with E-state index in [4.69, 9.17) is 0 Å². The van der Waals surface area contributed by atoms with Gasteiger partial charge in [-0.2, -0.15) is 4.98 Å². The van der Waals surface area contributed by atoms with Crippen molar-refractivity contribution in [3.63, 3.8) is 0 Å². The van der Waals surface area contributed by atoms with Crippen LogP contribution in [0.15, 0.2) is 24.3 Å². The zero-order chi connectivity index (χ0) is 20.3. The monoisotopic (exact) mass is 377 g/mol. The van der Waals surface area contributed by atoms with Crippen molar-refractivity contribution in [3.8, 4) is 11.4 Å². The van der Waals surface area contributed by atoms with Crippen LogP contribution in [0.2, 0.25) is 0 Å². The van der Waals surface area contributed by atoms with E-state index in [1.807, 2.05) is 39.0 Å². The van der Waals surface area contributed by atoms with Crippen molar-refractivity contribution < 1.29 is 9.27 Å². The molecule has 0 aliphatic rings. The Morgan fingerprint density at radius 2 is 1.39 bits per heavy atom. The highest BCUT2D eigenvalue weighted by Crippen LogP contribution is 2.25. The second-order valence-electron chi connectivity index (χ2n) is 7.23. The van der Waals surface area contributed by atoms with Crippen LogP contribution in [0.5, 0.6) is 0 Å². The van der Waals surface area contributed by atoms with E-state index in [9.17, 15) is 15.3 Å². The zero-order valence-electron chi connectivity index (χ0n) is 16.3. The summed E-state index contributed by atoms with van der Waals surface area (Å²) in [6.45, 7) is 9.37. The molecule has 0 radical (unpaired) electrons. The van der Waals surface area contributed by atoms with E-state index in [0.717, 1.165) is 27.8 Å². The SMILES string of the molecule is Cc1cc(C)c(-c2[n+]([O-])n([O-])c3nc4cc(C)c(C)cc4nc3[n+]2=O)c(C)c1. The van der Waals surface area contributed by atoms with Crippen LogP contribution in [-0.4, -0.2) is 14.8 Å². The summed E-state index contributed by atoms with van der Waals surface area (Å²) in [6, 6.07) is 7.32. The molecule has 0 unspecified atom stereocenters. The quantitative estimate of drug-likeness (QED) is 0.288. The van der Waals surface area contributed by atoms with Crippen LogP contribution >= 0.6 is 0 Å². The first-order chi connectivity index (χ1) is 13.2. The number of hydrogen-bond acceptors (Lipinski definition) is 5. The molecular formula is C20H19N5O3. The largest absolute Gasteiger partial charge is 0.756 e. The molecule has 0 bridgehead atoms. The number of nitrogens with zero attached hydrogens (tertiary/aromatic N) is 5. The average molecular weight is 377 g/mol. The first-order valence-corrected chi connectivity index (χ1v) is 8.85. The lowest BCUT2D eigenvalue weighted by Gasteiger charge is -2.13. The highest BCUT2D eigenvalue weighted by Gasteiger charge is 2.34. The first kappa shape index (κ1) is 17.8. The van der Waals surface area contributed by atoms with E-state index >= 15 is 0 Å². The van der Waals surface area contributed by atoms with Crippen molar-refractivity contribution in [2.45, 2.75) is 34.6 Å². The van der Waals surface area contributed by atoms with Gasteiger partial charge in [-0.15, -0.1) is 4.85 Å². The second-order valence-corrected chi connectivity index (χ2v) is 7.23. The van der Waals surface area contributed by atoms with Crippen molar-refractivity contribution in [3.05, 3.63) is 67.4 Å². The minimum atomic E-state index is -0.313. The standard InChI is InChI=1S/C20H19N5O3/c1-10-6-13(4)17(14(5)7-10)20-23(26)18-19(24(27)25(20)28)22-16-9-12(3)11(2)8-15(16)21-18/h6-9H,1-5H3. The molecule has 0 atom stereocenters. The number of hydrogen-bond donors (Lipinski definition) is 0. The lowest BCUT2D eigenvalue weighted by Crippen LogP contribution is -2.49. The predicted molar refractivity (Wildman–Crippen MR) is 105 cm³/mol. The second kappa shape index (κ2) is 5.98. The normalized spacial score (nSPS) is 11.5. The number of rotatable bonds is 1. The van der Waals surface area contributed by atoms with Crippen molar-refractivity contribution in [1.29, 1.82) is 0 Å². The van der Waals surface area contributed by atoms with E-state index < -0.39 is 0 Å². The minimum absolute atomic E-state index is 0.0432. The molecule has 0 fully saturated rings. The zero-order valence-corrected chi connectivity index (χ0v) is 16.3. The number of benzene rings is 2. The Bertz CT molecular complexity index is 1340. The fourth-order valence-electron chi connectivity index (χ4n) is 3.64. The van der Waals surface area contributed by atoms with Gasteiger partial charge in [0.25, 0.3) is 5.65 Å². The molecule has 0 spiro atoms. The maximum atomic E-state index is 13.1. The Morgan fingerprint density at radius 3 is 1.96 bits per heavy atom. The third-order valence-corrected chi connectivity index (χ3v) is 5.06. The molecule has 8 heteroatoms. The van der Waals surface area contributed by atoms with E-state index in [1.54, 1.807) is 19.9 Å². The topological polar surface area (TPSA) is 104 Å². The molecule has 4 rings (SSSR count). The molecule has 2 heterocycles. The first-order valence-electron chi connectivity index (χ1n) is 8.85. The Kier molecular flexibility index (Phi) is 3.81. The summed E-state index contributed by atoms with van der Waals surface area (Å²) in [5.41, 5.74) is 5.30. The van der Waals surface area contributed by atoms with E-state index in [0.29, 0.717) is 21.0 Å². The van der Waals surface area contributed by atoms with Crippen molar-refractivity contribution in [2.24, 2.45) is 0 Å². The summed E-state index contributed by atoms with van der Waals surface area (Å²) < 4.78 is 0.406.